The average molecular weight is 381 g/mol. The largest absolute Gasteiger partial charge is 0.356 e. The number of hydrogen-bond donors (Lipinski definition) is 0. The van der Waals surface area contributed by atoms with Crippen LogP contribution in [-0.4, -0.2) is 17.0 Å². The summed E-state index contributed by atoms with van der Waals surface area (Å²) in [5, 5.41) is 18.5. The van der Waals surface area contributed by atoms with E-state index >= 15 is 0 Å². The molecule has 3 aromatic rings. The molecule has 0 aliphatic heterocycles. The van der Waals surface area contributed by atoms with Gasteiger partial charge in [0.15, 0.2) is 5.78 Å². The average Bonchev–Trinajstić information content (AvgIpc) is 2.67. The van der Waals surface area contributed by atoms with Crippen molar-refractivity contribution in [1.82, 2.24) is 0 Å². The van der Waals surface area contributed by atoms with E-state index < -0.39 is 12.3 Å². The number of nitrogens with zero attached hydrogens (tertiary/aromatic N) is 1. The fourth-order valence-electron chi connectivity index (χ4n) is 3.10. The lowest BCUT2D eigenvalue weighted by atomic mass is 10.4. The van der Waals surface area contributed by atoms with Crippen molar-refractivity contribution in [3.63, 3.8) is 0 Å². The molecule has 0 spiro atoms. The number of rotatable bonds is 5. The number of benzene rings is 3. The van der Waals surface area contributed by atoms with Crippen LogP contribution in [0, 0.1) is 15.3 Å². The van der Waals surface area contributed by atoms with Gasteiger partial charge in [-0.2, -0.15) is 0 Å². The quantitative estimate of drug-likeness (QED) is 0.386. The van der Waals surface area contributed by atoms with Gasteiger partial charge in [-0.3, -0.25) is 4.79 Å². The third kappa shape index (κ3) is 5.22. The van der Waals surface area contributed by atoms with Crippen LogP contribution in [0.5, 0.6) is 0 Å². The molecule has 0 radical (unpaired) electrons. The number of ketones is 1. The first kappa shape index (κ1) is 20.3. The van der Waals surface area contributed by atoms with Crippen LogP contribution in [0.1, 0.15) is 6.92 Å². The van der Waals surface area contributed by atoms with Gasteiger partial charge in [0, 0.05) is 0 Å². The Hall–Kier alpha value is -3.04. The molecule has 0 amide bonds. The van der Waals surface area contributed by atoms with Crippen molar-refractivity contribution in [2.24, 2.45) is 0 Å². The topological polar surface area (TPSA) is 83.3 Å². The lowest BCUT2D eigenvalue weighted by Crippen LogP contribution is -2.35. The van der Waals surface area contributed by atoms with Crippen molar-refractivity contribution in [1.29, 1.82) is 0 Å². The lowest BCUT2D eigenvalue weighted by Gasteiger charge is -2.26. The monoisotopic (exact) mass is 381 g/mol. The molecule has 0 unspecified atom stereocenters. The lowest BCUT2D eigenvalue weighted by molar-refractivity contribution is -0.402. The normalized spacial score (nSPS) is 10.4. The van der Waals surface area contributed by atoms with Gasteiger partial charge in [0.25, 0.3) is 0 Å². The maximum absolute atomic E-state index is 12.2. The zero-order valence-electron chi connectivity index (χ0n) is 14.9. The molecule has 5 nitrogen and oxygen atoms in total. The molecule has 0 heterocycles. The van der Waals surface area contributed by atoms with Crippen molar-refractivity contribution in [2.45, 2.75) is 6.92 Å². The van der Waals surface area contributed by atoms with E-state index in [1.807, 2.05) is 18.2 Å². The summed E-state index contributed by atoms with van der Waals surface area (Å²) in [7, 11) is -1.96. The Labute approximate surface area is 158 Å². The Morgan fingerprint density at radius 1 is 0.741 bits per heavy atom. The van der Waals surface area contributed by atoms with Crippen LogP contribution < -0.4 is 15.9 Å². The van der Waals surface area contributed by atoms with E-state index in [9.17, 15) is 4.79 Å². The molecule has 138 valence electrons. The molecule has 0 bridgehead atoms. The van der Waals surface area contributed by atoms with Crippen molar-refractivity contribution in [3.05, 3.63) is 106 Å². The van der Waals surface area contributed by atoms with Crippen molar-refractivity contribution in [3.8, 4) is 0 Å². The fraction of sp³-hybridized carbons (Fsp3) is 0.0952. The summed E-state index contributed by atoms with van der Waals surface area (Å²) in [6.45, 7) is 1.70. The Balaban J connectivity index is 0.000000596. The summed E-state index contributed by atoms with van der Waals surface area (Å²) in [5.41, 5.74) is 0. The summed E-state index contributed by atoms with van der Waals surface area (Å²) < 4.78 is 0. The highest BCUT2D eigenvalue weighted by Gasteiger charge is 2.46. The maximum atomic E-state index is 12.2. The molecule has 0 saturated carbocycles. The second-order valence-electron chi connectivity index (χ2n) is 5.90. The molecule has 0 aliphatic carbocycles. The van der Waals surface area contributed by atoms with Gasteiger partial charge in [-0.05, 0) is 43.3 Å². The molecule has 3 rings (SSSR count). The minimum atomic E-state index is -1.96. The SMILES string of the molecule is CC(=O)C[P+](c1ccccc1)(c1ccccc1)c1ccccc1.O=[N+]([O-])[O-]. The molecular formula is C21H20NO4P. The van der Waals surface area contributed by atoms with Crippen molar-refractivity contribution >= 4 is 29.0 Å². The van der Waals surface area contributed by atoms with Crippen LogP contribution in [0.15, 0.2) is 91.0 Å². The molecule has 6 heteroatoms. The van der Waals surface area contributed by atoms with Gasteiger partial charge in [0.2, 0.25) is 0 Å². The van der Waals surface area contributed by atoms with E-state index in [0.29, 0.717) is 6.16 Å². The summed E-state index contributed by atoms with van der Waals surface area (Å²) in [5.74, 6) is 0.231. The minimum Gasteiger partial charge on any atom is -0.356 e. The third-order valence-electron chi connectivity index (χ3n) is 4.05. The van der Waals surface area contributed by atoms with Crippen LogP contribution in [0.2, 0.25) is 0 Å². The summed E-state index contributed by atoms with van der Waals surface area (Å²) in [6.07, 6.45) is 0.561. The van der Waals surface area contributed by atoms with Gasteiger partial charge in [-0.1, -0.05) is 54.6 Å². The van der Waals surface area contributed by atoms with Gasteiger partial charge in [-0.15, -0.1) is 0 Å². The summed E-state index contributed by atoms with van der Waals surface area (Å²) >= 11 is 0. The summed E-state index contributed by atoms with van der Waals surface area (Å²) in [4.78, 5) is 20.5. The van der Waals surface area contributed by atoms with E-state index in [-0.39, 0.29) is 5.78 Å². The predicted molar refractivity (Wildman–Crippen MR) is 111 cm³/mol. The van der Waals surface area contributed by atoms with Crippen LogP contribution in [0.25, 0.3) is 0 Å². The highest BCUT2D eigenvalue weighted by molar-refractivity contribution is 7.96. The van der Waals surface area contributed by atoms with E-state index in [2.05, 4.69) is 72.8 Å². The highest BCUT2D eigenvalue weighted by Crippen LogP contribution is 2.55. The number of carbonyl (C=O) groups excluding carboxylic acids is 1. The van der Waals surface area contributed by atoms with E-state index in [1.54, 1.807) is 6.92 Å². The zero-order chi connectivity index (χ0) is 19.7. The maximum Gasteiger partial charge on any atom is 0.168 e. The smallest absolute Gasteiger partial charge is 0.168 e. The van der Waals surface area contributed by atoms with Gasteiger partial charge < -0.3 is 15.3 Å². The van der Waals surface area contributed by atoms with Crippen molar-refractivity contribution in [2.75, 3.05) is 6.16 Å². The molecule has 0 aromatic heterocycles. The Kier molecular flexibility index (Phi) is 7.21. The highest BCUT2D eigenvalue weighted by atomic mass is 31.2. The van der Waals surface area contributed by atoms with Gasteiger partial charge >= 0.3 is 0 Å². The molecule has 27 heavy (non-hydrogen) atoms. The van der Waals surface area contributed by atoms with E-state index in [0.717, 1.165) is 0 Å². The molecule has 0 aliphatic rings. The molecule has 3 aromatic carbocycles. The Morgan fingerprint density at radius 2 is 1.00 bits per heavy atom. The van der Waals surface area contributed by atoms with Gasteiger partial charge in [0.05, 0.1) is 5.09 Å². The number of carbonyl (C=O) groups is 1. The number of Topliss-reactive ketones (excluding diaryl/α,β-unsaturated/α-hetero) is 1. The summed E-state index contributed by atoms with van der Waals surface area (Å²) in [6, 6.07) is 31.5. The standard InChI is InChI=1S/C21H20OP.NO3/c1-18(22)17-23(19-11-5-2-6-12-19,20-13-7-3-8-14-20)21-15-9-4-10-16-21;2-1(3)4/h2-16H,17H2,1H3;/q+1;-1. The first-order valence-electron chi connectivity index (χ1n) is 8.32. The molecule has 0 N–H and O–H groups in total. The van der Waals surface area contributed by atoms with E-state index in [4.69, 9.17) is 15.3 Å². The van der Waals surface area contributed by atoms with E-state index in [1.165, 1.54) is 15.9 Å². The third-order valence-corrected chi connectivity index (χ3v) is 8.51. The minimum absolute atomic E-state index is 0.231. The molecule has 0 saturated heterocycles. The molecular weight excluding hydrogens is 361 g/mol. The predicted octanol–water partition coefficient (Wildman–Crippen LogP) is 3.33. The van der Waals surface area contributed by atoms with Crippen LogP contribution in [-0.2, 0) is 4.79 Å². The van der Waals surface area contributed by atoms with Crippen LogP contribution >= 0.6 is 7.26 Å². The van der Waals surface area contributed by atoms with Crippen molar-refractivity contribution < 1.29 is 9.88 Å². The van der Waals surface area contributed by atoms with Gasteiger partial charge in [0.1, 0.15) is 29.3 Å². The Bertz CT molecular complexity index is 770. The molecule has 0 atom stereocenters. The van der Waals surface area contributed by atoms with Gasteiger partial charge in [-0.25, -0.2) is 0 Å². The number of hydrogen-bond acceptors (Lipinski definition) is 4. The Morgan fingerprint density at radius 3 is 1.22 bits per heavy atom. The molecule has 0 fully saturated rings. The first-order chi connectivity index (χ1) is 13.0. The van der Waals surface area contributed by atoms with Crippen LogP contribution in [0.3, 0.4) is 0 Å². The first-order valence-corrected chi connectivity index (χ1v) is 10.3. The zero-order valence-corrected chi connectivity index (χ0v) is 15.8. The second kappa shape index (κ2) is 9.60. The second-order valence-corrected chi connectivity index (χ2v) is 9.39. The fourth-order valence-corrected chi connectivity index (χ4v) is 7.26. The van der Waals surface area contributed by atoms with Crippen LogP contribution in [0.4, 0.5) is 0 Å².